The minimum absolute atomic E-state index is 0.0330. The molecule has 2 rings (SSSR count). The SMILES string of the molecule is CN=C(NCC1(c2ccccc2)CC1)NC(C)(C)C. The van der Waals surface area contributed by atoms with Crippen molar-refractivity contribution in [3.05, 3.63) is 35.9 Å². The first-order chi connectivity index (χ1) is 8.95. The zero-order valence-electron chi connectivity index (χ0n) is 12.5. The molecular formula is C16H25N3. The second-order valence-corrected chi connectivity index (χ2v) is 6.45. The number of hydrogen-bond donors (Lipinski definition) is 2. The smallest absolute Gasteiger partial charge is 0.191 e. The van der Waals surface area contributed by atoms with E-state index >= 15 is 0 Å². The number of benzene rings is 1. The van der Waals surface area contributed by atoms with Gasteiger partial charge < -0.3 is 10.6 Å². The number of hydrogen-bond acceptors (Lipinski definition) is 1. The van der Waals surface area contributed by atoms with Crippen LogP contribution in [0.3, 0.4) is 0 Å². The number of nitrogens with zero attached hydrogens (tertiary/aromatic N) is 1. The summed E-state index contributed by atoms with van der Waals surface area (Å²) in [5.41, 5.74) is 1.79. The lowest BCUT2D eigenvalue weighted by atomic mass is 9.96. The van der Waals surface area contributed by atoms with E-state index in [2.05, 4.69) is 66.7 Å². The average Bonchev–Trinajstić information content (AvgIpc) is 3.15. The van der Waals surface area contributed by atoms with E-state index in [9.17, 15) is 0 Å². The third-order valence-electron chi connectivity index (χ3n) is 3.55. The third kappa shape index (κ3) is 3.72. The molecule has 0 amide bonds. The van der Waals surface area contributed by atoms with Gasteiger partial charge in [0.15, 0.2) is 5.96 Å². The summed E-state index contributed by atoms with van der Waals surface area (Å²) >= 11 is 0. The van der Waals surface area contributed by atoms with Crippen LogP contribution in [0.1, 0.15) is 39.2 Å². The fourth-order valence-corrected chi connectivity index (χ4v) is 2.30. The van der Waals surface area contributed by atoms with E-state index in [0.29, 0.717) is 5.41 Å². The zero-order chi connectivity index (χ0) is 13.9. The standard InChI is InChI=1S/C16H25N3/c1-15(2,3)19-14(17-4)18-12-16(10-11-16)13-8-6-5-7-9-13/h5-9H,10-12H2,1-4H3,(H2,17,18,19). The lowest BCUT2D eigenvalue weighted by Crippen LogP contribution is -2.49. The zero-order valence-corrected chi connectivity index (χ0v) is 12.5. The molecule has 0 radical (unpaired) electrons. The Kier molecular flexibility index (Phi) is 3.83. The topological polar surface area (TPSA) is 36.4 Å². The van der Waals surface area contributed by atoms with Crippen molar-refractivity contribution in [2.24, 2.45) is 4.99 Å². The first-order valence-corrected chi connectivity index (χ1v) is 7.00. The molecule has 1 aromatic carbocycles. The van der Waals surface area contributed by atoms with Crippen molar-refractivity contribution in [2.75, 3.05) is 13.6 Å². The van der Waals surface area contributed by atoms with E-state index in [1.165, 1.54) is 18.4 Å². The molecule has 1 aromatic rings. The van der Waals surface area contributed by atoms with Crippen LogP contribution in [0.15, 0.2) is 35.3 Å². The summed E-state index contributed by atoms with van der Waals surface area (Å²) in [7, 11) is 1.82. The highest BCUT2D eigenvalue weighted by Crippen LogP contribution is 2.47. The molecule has 0 aromatic heterocycles. The molecule has 0 saturated heterocycles. The van der Waals surface area contributed by atoms with Crippen LogP contribution in [0.2, 0.25) is 0 Å². The molecule has 0 unspecified atom stereocenters. The van der Waals surface area contributed by atoms with Crippen LogP contribution < -0.4 is 10.6 Å². The molecule has 1 saturated carbocycles. The molecule has 0 aliphatic heterocycles. The third-order valence-corrected chi connectivity index (χ3v) is 3.55. The molecule has 104 valence electrons. The van der Waals surface area contributed by atoms with Crippen LogP contribution in [0.5, 0.6) is 0 Å². The van der Waals surface area contributed by atoms with Crippen molar-refractivity contribution in [1.29, 1.82) is 0 Å². The molecule has 0 spiro atoms. The van der Waals surface area contributed by atoms with Crippen LogP contribution in [0, 0.1) is 0 Å². The lowest BCUT2D eigenvalue weighted by Gasteiger charge is -2.25. The van der Waals surface area contributed by atoms with Gasteiger partial charge in [-0.25, -0.2) is 0 Å². The summed E-state index contributed by atoms with van der Waals surface area (Å²) in [5.74, 6) is 0.884. The highest BCUT2D eigenvalue weighted by molar-refractivity contribution is 5.80. The normalized spacial score (nSPS) is 18.0. The molecule has 0 heterocycles. The minimum Gasteiger partial charge on any atom is -0.356 e. The molecular weight excluding hydrogens is 234 g/mol. The van der Waals surface area contributed by atoms with Gasteiger partial charge in [-0.15, -0.1) is 0 Å². The maximum Gasteiger partial charge on any atom is 0.191 e. The molecule has 0 atom stereocenters. The molecule has 2 N–H and O–H groups in total. The minimum atomic E-state index is 0.0330. The quantitative estimate of drug-likeness (QED) is 0.647. The fraction of sp³-hybridized carbons (Fsp3) is 0.562. The van der Waals surface area contributed by atoms with E-state index in [-0.39, 0.29) is 5.54 Å². The van der Waals surface area contributed by atoms with Gasteiger partial charge in [-0.05, 0) is 39.2 Å². The van der Waals surface area contributed by atoms with Gasteiger partial charge in [0.1, 0.15) is 0 Å². The molecule has 1 aliphatic carbocycles. The molecule has 0 bridgehead atoms. The average molecular weight is 259 g/mol. The van der Waals surface area contributed by atoms with Gasteiger partial charge in [0.25, 0.3) is 0 Å². The highest BCUT2D eigenvalue weighted by atomic mass is 15.2. The second kappa shape index (κ2) is 5.24. The maximum atomic E-state index is 4.29. The van der Waals surface area contributed by atoms with Crippen molar-refractivity contribution in [3.8, 4) is 0 Å². The van der Waals surface area contributed by atoms with E-state index < -0.39 is 0 Å². The van der Waals surface area contributed by atoms with Gasteiger partial charge >= 0.3 is 0 Å². The number of aliphatic imine (C=N–C) groups is 1. The van der Waals surface area contributed by atoms with Crippen molar-refractivity contribution in [3.63, 3.8) is 0 Å². The number of rotatable bonds is 3. The molecule has 1 fully saturated rings. The largest absolute Gasteiger partial charge is 0.356 e. The van der Waals surface area contributed by atoms with Gasteiger partial charge in [-0.1, -0.05) is 30.3 Å². The van der Waals surface area contributed by atoms with Crippen molar-refractivity contribution >= 4 is 5.96 Å². The summed E-state index contributed by atoms with van der Waals surface area (Å²) < 4.78 is 0. The van der Waals surface area contributed by atoms with Crippen molar-refractivity contribution < 1.29 is 0 Å². The predicted octanol–water partition coefficient (Wildman–Crippen LogP) is 2.68. The number of guanidine groups is 1. The Bertz CT molecular complexity index is 439. The summed E-state index contributed by atoms with van der Waals surface area (Å²) in [6.07, 6.45) is 2.52. The maximum absolute atomic E-state index is 4.29. The Morgan fingerprint density at radius 2 is 1.84 bits per heavy atom. The molecule has 3 nitrogen and oxygen atoms in total. The fourth-order valence-electron chi connectivity index (χ4n) is 2.30. The lowest BCUT2D eigenvalue weighted by molar-refractivity contribution is 0.497. The van der Waals surface area contributed by atoms with Crippen LogP contribution in [-0.2, 0) is 5.41 Å². The van der Waals surface area contributed by atoms with Crippen LogP contribution in [-0.4, -0.2) is 25.1 Å². The first kappa shape index (κ1) is 13.9. The van der Waals surface area contributed by atoms with Gasteiger partial charge in [0.2, 0.25) is 0 Å². The number of nitrogens with one attached hydrogen (secondary N) is 2. The summed E-state index contributed by atoms with van der Waals surface area (Å²) in [6, 6.07) is 10.8. The van der Waals surface area contributed by atoms with Gasteiger partial charge in [0.05, 0.1) is 0 Å². The van der Waals surface area contributed by atoms with E-state index in [0.717, 1.165) is 12.5 Å². The Morgan fingerprint density at radius 1 is 1.21 bits per heavy atom. The Morgan fingerprint density at radius 3 is 2.32 bits per heavy atom. The summed E-state index contributed by atoms with van der Waals surface area (Å²) in [5, 5.41) is 6.86. The van der Waals surface area contributed by atoms with Gasteiger partial charge in [-0.3, -0.25) is 4.99 Å². The Hall–Kier alpha value is -1.51. The molecule has 19 heavy (non-hydrogen) atoms. The first-order valence-electron chi connectivity index (χ1n) is 7.00. The van der Waals surface area contributed by atoms with Crippen LogP contribution in [0.25, 0.3) is 0 Å². The highest BCUT2D eigenvalue weighted by Gasteiger charge is 2.44. The van der Waals surface area contributed by atoms with Gasteiger partial charge in [0, 0.05) is 24.5 Å². The van der Waals surface area contributed by atoms with E-state index in [1.54, 1.807) is 0 Å². The second-order valence-electron chi connectivity index (χ2n) is 6.45. The van der Waals surface area contributed by atoms with E-state index in [4.69, 9.17) is 0 Å². The summed E-state index contributed by atoms with van der Waals surface area (Å²) in [4.78, 5) is 4.29. The van der Waals surface area contributed by atoms with E-state index in [1.807, 2.05) is 7.05 Å². The molecule has 3 heteroatoms. The Labute approximate surface area is 116 Å². The van der Waals surface area contributed by atoms with Crippen molar-refractivity contribution in [2.45, 2.75) is 44.6 Å². The molecule has 1 aliphatic rings. The summed E-state index contributed by atoms with van der Waals surface area (Å²) in [6.45, 7) is 7.38. The monoisotopic (exact) mass is 259 g/mol. The Balaban J connectivity index is 1.95. The van der Waals surface area contributed by atoms with Crippen LogP contribution in [0.4, 0.5) is 0 Å². The predicted molar refractivity (Wildman–Crippen MR) is 81.6 cm³/mol. The van der Waals surface area contributed by atoms with Gasteiger partial charge in [-0.2, -0.15) is 0 Å². The van der Waals surface area contributed by atoms with Crippen LogP contribution >= 0.6 is 0 Å². The van der Waals surface area contributed by atoms with Crippen molar-refractivity contribution in [1.82, 2.24) is 10.6 Å².